The van der Waals surface area contributed by atoms with Gasteiger partial charge in [0.1, 0.15) is 5.82 Å². The van der Waals surface area contributed by atoms with Crippen LogP contribution in [0.5, 0.6) is 0 Å². The van der Waals surface area contributed by atoms with Crippen LogP contribution in [0.2, 0.25) is 0 Å². The fourth-order valence-electron chi connectivity index (χ4n) is 3.09. The van der Waals surface area contributed by atoms with E-state index in [1.165, 1.54) is 23.9 Å². The van der Waals surface area contributed by atoms with E-state index in [4.69, 9.17) is 0 Å². The number of thioether (sulfide) groups is 1. The van der Waals surface area contributed by atoms with Crippen LogP contribution in [0.3, 0.4) is 0 Å². The van der Waals surface area contributed by atoms with Crippen molar-refractivity contribution in [3.63, 3.8) is 0 Å². The van der Waals surface area contributed by atoms with Crippen molar-refractivity contribution >= 4 is 23.6 Å². The minimum absolute atomic E-state index is 0.124. The van der Waals surface area contributed by atoms with Gasteiger partial charge in [-0.15, -0.1) is 11.8 Å². The Kier molecular flexibility index (Phi) is 6.87. The lowest BCUT2D eigenvalue weighted by Crippen LogP contribution is -2.29. The molecule has 0 saturated carbocycles. The highest BCUT2D eigenvalue weighted by Gasteiger charge is 2.19. The number of halogens is 1. The van der Waals surface area contributed by atoms with Crippen LogP contribution in [0.4, 0.5) is 4.39 Å². The van der Waals surface area contributed by atoms with E-state index in [0.717, 1.165) is 36.4 Å². The Morgan fingerprint density at radius 1 is 1.07 bits per heavy atom. The lowest BCUT2D eigenvalue weighted by molar-refractivity contribution is -0.127. The average molecular weight is 386 g/mol. The molecule has 0 unspecified atom stereocenters. The van der Waals surface area contributed by atoms with Crippen LogP contribution in [0, 0.1) is 5.82 Å². The number of carbonyl (C=O) groups excluding carboxylic acids is 2. The number of carbonyl (C=O) groups is 2. The zero-order valence-corrected chi connectivity index (χ0v) is 15.9. The number of amides is 2. The third-order valence-corrected chi connectivity index (χ3v) is 5.59. The van der Waals surface area contributed by atoms with E-state index in [1.54, 1.807) is 12.1 Å². The molecule has 1 heterocycles. The molecule has 0 atom stereocenters. The molecule has 0 bridgehead atoms. The first-order chi connectivity index (χ1) is 13.1. The summed E-state index contributed by atoms with van der Waals surface area (Å²) in [7, 11) is 0. The van der Waals surface area contributed by atoms with Crippen molar-refractivity contribution in [2.24, 2.45) is 0 Å². The Balaban J connectivity index is 1.54. The van der Waals surface area contributed by atoms with Gasteiger partial charge in [0.2, 0.25) is 5.91 Å². The van der Waals surface area contributed by atoms with E-state index in [-0.39, 0.29) is 17.6 Å². The molecule has 1 N–H and O–H groups in total. The van der Waals surface area contributed by atoms with Crippen molar-refractivity contribution in [2.45, 2.75) is 24.2 Å². The van der Waals surface area contributed by atoms with Crippen LogP contribution in [0.1, 0.15) is 28.8 Å². The van der Waals surface area contributed by atoms with Crippen LogP contribution >= 0.6 is 11.8 Å². The zero-order valence-electron chi connectivity index (χ0n) is 15.1. The van der Waals surface area contributed by atoms with E-state index in [9.17, 15) is 14.0 Å². The summed E-state index contributed by atoms with van der Waals surface area (Å²) in [6, 6.07) is 13.7. The van der Waals surface area contributed by atoms with E-state index >= 15 is 0 Å². The molecular weight excluding hydrogens is 363 g/mol. The fourth-order valence-corrected chi connectivity index (χ4v) is 4.04. The number of likely N-dealkylation sites (tertiary alicyclic amines) is 1. The van der Waals surface area contributed by atoms with Crippen LogP contribution < -0.4 is 5.32 Å². The first-order valence-corrected chi connectivity index (χ1v) is 10.1. The van der Waals surface area contributed by atoms with Gasteiger partial charge in [0, 0.05) is 24.5 Å². The van der Waals surface area contributed by atoms with Crippen LogP contribution in [0.25, 0.3) is 0 Å². The van der Waals surface area contributed by atoms with E-state index in [0.29, 0.717) is 24.3 Å². The molecule has 0 aliphatic carbocycles. The summed E-state index contributed by atoms with van der Waals surface area (Å²) in [6.07, 6.45) is 2.70. The quantitative estimate of drug-likeness (QED) is 0.741. The Morgan fingerprint density at radius 2 is 1.85 bits per heavy atom. The fraction of sp³-hybridized carbons (Fsp3) is 0.333. The SMILES string of the molecule is O=C(NCCc1cccc(F)c1)c1ccccc1SCC(=O)N1CCCC1. The van der Waals surface area contributed by atoms with Gasteiger partial charge in [-0.3, -0.25) is 9.59 Å². The summed E-state index contributed by atoms with van der Waals surface area (Å²) in [5.74, 6) is 0.0123. The van der Waals surface area contributed by atoms with Crippen LogP contribution in [-0.4, -0.2) is 42.1 Å². The number of hydrogen-bond donors (Lipinski definition) is 1. The molecular formula is C21H23FN2O2S. The van der Waals surface area contributed by atoms with Gasteiger partial charge in [-0.05, 0) is 49.1 Å². The molecule has 1 fully saturated rings. The zero-order chi connectivity index (χ0) is 19.1. The molecule has 0 spiro atoms. The maximum Gasteiger partial charge on any atom is 0.252 e. The van der Waals surface area contributed by atoms with Crippen molar-refractivity contribution < 1.29 is 14.0 Å². The number of hydrogen-bond acceptors (Lipinski definition) is 3. The Bertz CT molecular complexity index is 806. The molecule has 6 heteroatoms. The predicted octanol–water partition coefficient (Wildman–Crippen LogP) is 3.51. The van der Waals surface area contributed by atoms with Gasteiger partial charge in [0.05, 0.1) is 11.3 Å². The van der Waals surface area contributed by atoms with Gasteiger partial charge >= 0.3 is 0 Å². The van der Waals surface area contributed by atoms with Gasteiger partial charge in [-0.2, -0.15) is 0 Å². The molecule has 1 aliphatic heterocycles. The molecule has 2 aromatic carbocycles. The maximum absolute atomic E-state index is 13.2. The summed E-state index contributed by atoms with van der Waals surface area (Å²) < 4.78 is 13.2. The van der Waals surface area contributed by atoms with Crippen LogP contribution in [0.15, 0.2) is 53.4 Å². The average Bonchev–Trinajstić information content (AvgIpc) is 3.21. The summed E-state index contributed by atoms with van der Waals surface area (Å²) in [4.78, 5) is 27.4. The molecule has 0 radical (unpaired) electrons. The highest BCUT2D eigenvalue weighted by Crippen LogP contribution is 2.23. The summed E-state index contributed by atoms with van der Waals surface area (Å²) >= 11 is 1.40. The summed E-state index contributed by atoms with van der Waals surface area (Å²) in [5, 5.41) is 2.88. The molecule has 142 valence electrons. The van der Waals surface area contributed by atoms with Crippen molar-refractivity contribution in [1.82, 2.24) is 10.2 Å². The molecule has 1 saturated heterocycles. The lowest BCUT2D eigenvalue weighted by atomic mass is 10.1. The summed E-state index contributed by atoms with van der Waals surface area (Å²) in [6.45, 7) is 2.09. The maximum atomic E-state index is 13.2. The van der Waals surface area contributed by atoms with Gasteiger partial charge in [0.15, 0.2) is 0 Å². The second kappa shape index (κ2) is 9.55. The molecule has 0 aromatic heterocycles. The second-order valence-electron chi connectivity index (χ2n) is 6.51. The molecule has 27 heavy (non-hydrogen) atoms. The number of nitrogens with zero attached hydrogens (tertiary/aromatic N) is 1. The first-order valence-electron chi connectivity index (χ1n) is 9.16. The van der Waals surface area contributed by atoms with Crippen LogP contribution in [-0.2, 0) is 11.2 Å². The van der Waals surface area contributed by atoms with E-state index in [1.807, 2.05) is 29.2 Å². The van der Waals surface area contributed by atoms with Gasteiger partial charge < -0.3 is 10.2 Å². The van der Waals surface area contributed by atoms with Crippen molar-refractivity contribution in [3.05, 3.63) is 65.5 Å². The minimum atomic E-state index is -0.275. The van der Waals surface area contributed by atoms with Crippen molar-refractivity contribution in [1.29, 1.82) is 0 Å². The third-order valence-electron chi connectivity index (χ3n) is 4.53. The molecule has 2 aromatic rings. The largest absolute Gasteiger partial charge is 0.352 e. The van der Waals surface area contributed by atoms with Gasteiger partial charge in [-0.25, -0.2) is 4.39 Å². The molecule has 2 amide bonds. The van der Waals surface area contributed by atoms with E-state index < -0.39 is 0 Å². The predicted molar refractivity (Wildman–Crippen MR) is 105 cm³/mol. The van der Waals surface area contributed by atoms with E-state index in [2.05, 4.69) is 5.32 Å². The highest BCUT2D eigenvalue weighted by molar-refractivity contribution is 8.00. The Labute approximate surface area is 163 Å². The smallest absolute Gasteiger partial charge is 0.252 e. The number of nitrogens with one attached hydrogen (secondary N) is 1. The lowest BCUT2D eigenvalue weighted by Gasteiger charge is -2.15. The summed E-state index contributed by atoms with van der Waals surface area (Å²) in [5.41, 5.74) is 1.41. The van der Waals surface area contributed by atoms with Gasteiger partial charge in [0.25, 0.3) is 5.91 Å². The molecule has 3 rings (SSSR count). The van der Waals surface area contributed by atoms with Crippen molar-refractivity contribution in [3.8, 4) is 0 Å². The monoisotopic (exact) mass is 386 g/mol. The highest BCUT2D eigenvalue weighted by atomic mass is 32.2. The Hall–Kier alpha value is -2.34. The topological polar surface area (TPSA) is 49.4 Å². The minimum Gasteiger partial charge on any atom is -0.352 e. The number of benzene rings is 2. The van der Waals surface area contributed by atoms with Gasteiger partial charge in [-0.1, -0.05) is 24.3 Å². The molecule has 4 nitrogen and oxygen atoms in total. The van der Waals surface area contributed by atoms with Crippen molar-refractivity contribution in [2.75, 3.05) is 25.4 Å². The first kappa shape index (κ1) is 19.4. The number of rotatable bonds is 7. The second-order valence-corrected chi connectivity index (χ2v) is 7.53. The standard InChI is InChI=1S/C21H23FN2O2S/c22-17-7-5-6-16(14-17)10-11-23-21(26)18-8-1-2-9-19(18)27-15-20(25)24-12-3-4-13-24/h1-2,5-9,14H,3-4,10-13,15H2,(H,23,26). The molecule has 1 aliphatic rings. The third kappa shape index (κ3) is 5.57. The Morgan fingerprint density at radius 3 is 2.63 bits per heavy atom. The normalized spacial score (nSPS) is 13.6.